The highest BCUT2D eigenvalue weighted by Gasteiger charge is 2.30. The molecule has 1 heterocycles. The van der Waals surface area contributed by atoms with E-state index in [0.29, 0.717) is 42.3 Å². The fourth-order valence-electron chi connectivity index (χ4n) is 3.99. The molecule has 2 aromatic rings. The molecule has 2 amide bonds. The van der Waals surface area contributed by atoms with E-state index in [1.165, 1.54) is 4.31 Å². The first kappa shape index (κ1) is 23.4. The highest BCUT2D eigenvalue weighted by Crippen LogP contribution is 2.22. The quantitative estimate of drug-likeness (QED) is 0.646. The number of aryl methyl sites for hydroxylation is 2. The standard InChI is InChI=1S/C24H30N4O4S/c1-17-6-9-22(18(2)14-17)33(31,32)28-12-10-27(11-13-28)16-23(29)25-21-5-3-4-19(15-21)24(30)26-20-7-8-20/h3-6,9,14-15,20H,7-8,10-13,16H2,1-2H3,(H,25,29)(H,26,30). The van der Waals surface area contributed by atoms with Gasteiger partial charge in [0.25, 0.3) is 5.91 Å². The third kappa shape index (κ3) is 5.79. The molecule has 9 heteroatoms. The van der Waals surface area contributed by atoms with Crippen molar-refractivity contribution in [2.75, 3.05) is 38.0 Å². The molecule has 8 nitrogen and oxygen atoms in total. The number of amides is 2. The molecule has 1 saturated carbocycles. The van der Waals surface area contributed by atoms with Gasteiger partial charge in [-0.05, 0) is 56.5 Å². The van der Waals surface area contributed by atoms with Crippen molar-refractivity contribution in [2.45, 2.75) is 37.6 Å². The highest BCUT2D eigenvalue weighted by atomic mass is 32.2. The molecule has 2 aliphatic rings. The summed E-state index contributed by atoms with van der Waals surface area (Å²) in [5.41, 5.74) is 2.85. The molecule has 33 heavy (non-hydrogen) atoms. The maximum Gasteiger partial charge on any atom is 0.251 e. The van der Waals surface area contributed by atoms with E-state index < -0.39 is 10.0 Å². The Hall–Kier alpha value is -2.75. The second-order valence-corrected chi connectivity index (χ2v) is 10.7. The van der Waals surface area contributed by atoms with Crippen LogP contribution in [0.25, 0.3) is 0 Å². The Labute approximate surface area is 195 Å². The molecule has 1 aliphatic heterocycles. The maximum atomic E-state index is 13.0. The summed E-state index contributed by atoms with van der Waals surface area (Å²) < 4.78 is 27.6. The first-order chi connectivity index (χ1) is 15.7. The molecule has 0 atom stereocenters. The molecule has 0 radical (unpaired) electrons. The minimum atomic E-state index is -3.56. The van der Waals surface area contributed by atoms with Crippen LogP contribution in [0.2, 0.25) is 0 Å². The van der Waals surface area contributed by atoms with Gasteiger partial charge in [-0.2, -0.15) is 4.31 Å². The van der Waals surface area contributed by atoms with Gasteiger partial charge in [0, 0.05) is 43.5 Å². The number of benzene rings is 2. The molecule has 2 N–H and O–H groups in total. The third-order valence-corrected chi connectivity index (χ3v) is 8.03. The van der Waals surface area contributed by atoms with Crippen LogP contribution in [-0.4, -0.2) is 68.2 Å². The summed E-state index contributed by atoms with van der Waals surface area (Å²) >= 11 is 0. The van der Waals surface area contributed by atoms with E-state index in [4.69, 9.17) is 0 Å². The highest BCUT2D eigenvalue weighted by molar-refractivity contribution is 7.89. The molecule has 2 fully saturated rings. The zero-order chi connectivity index (χ0) is 23.6. The molecule has 1 aliphatic carbocycles. The molecule has 1 saturated heterocycles. The van der Waals surface area contributed by atoms with Crippen molar-refractivity contribution in [1.29, 1.82) is 0 Å². The molecule has 0 unspecified atom stereocenters. The summed E-state index contributed by atoms with van der Waals surface area (Å²) in [6.07, 6.45) is 2.03. The topological polar surface area (TPSA) is 98.8 Å². The van der Waals surface area contributed by atoms with Crippen LogP contribution in [0.15, 0.2) is 47.4 Å². The van der Waals surface area contributed by atoms with Crippen LogP contribution in [0.5, 0.6) is 0 Å². The summed E-state index contributed by atoms with van der Waals surface area (Å²) in [7, 11) is -3.56. The lowest BCUT2D eigenvalue weighted by molar-refractivity contribution is -0.117. The van der Waals surface area contributed by atoms with Gasteiger partial charge in [0.15, 0.2) is 0 Å². The smallest absolute Gasteiger partial charge is 0.251 e. The Balaban J connectivity index is 1.30. The van der Waals surface area contributed by atoms with Gasteiger partial charge in [0.1, 0.15) is 0 Å². The predicted octanol–water partition coefficient (Wildman–Crippen LogP) is 2.14. The minimum Gasteiger partial charge on any atom is -0.349 e. The number of carbonyl (C=O) groups excluding carboxylic acids is 2. The number of hydrogen-bond donors (Lipinski definition) is 2. The number of anilines is 1. The number of hydrogen-bond acceptors (Lipinski definition) is 5. The third-order valence-electron chi connectivity index (χ3n) is 5.97. The molecule has 2 aromatic carbocycles. The number of carbonyl (C=O) groups is 2. The van der Waals surface area contributed by atoms with Gasteiger partial charge < -0.3 is 10.6 Å². The summed E-state index contributed by atoms with van der Waals surface area (Å²) in [5, 5.41) is 5.78. The molecular weight excluding hydrogens is 440 g/mol. The van der Waals surface area contributed by atoms with Crippen LogP contribution >= 0.6 is 0 Å². The van der Waals surface area contributed by atoms with Gasteiger partial charge in [-0.15, -0.1) is 0 Å². The fourth-order valence-corrected chi connectivity index (χ4v) is 5.62. The molecular formula is C24H30N4O4S. The second-order valence-electron chi connectivity index (χ2n) is 8.83. The normalized spacial score (nSPS) is 17.5. The number of nitrogens with zero attached hydrogens (tertiary/aromatic N) is 2. The van der Waals surface area contributed by atoms with Crippen LogP contribution in [-0.2, 0) is 14.8 Å². The summed E-state index contributed by atoms with van der Waals surface area (Å²) in [5.74, 6) is -0.324. The average molecular weight is 471 g/mol. The van der Waals surface area contributed by atoms with Crippen molar-refractivity contribution >= 4 is 27.5 Å². The number of piperazine rings is 1. The fraction of sp³-hybridized carbons (Fsp3) is 0.417. The number of nitrogens with one attached hydrogen (secondary N) is 2. The van der Waals surface area contributed by atoms with E-state index in [-0.39, 0.29) is 24.4 Å². The van der Waals surface area contributed by atoms with E-state index in [1.54, 1.807) is 30.3 Å². The van der Waals surface area contributed by atoms with Gasteiger partial charge in [0.05, 0.1) is 11.4 Å². The Bertz CT molecular complexity index is 1150. The monoisotopic (exact) mass is 470 g/mol. The first-order valence-corrected chi connectivity index (χ1v) is 12.7. The summed E-state index contributed by atoms with van der Waals surface area (Å²) in [4.78, 5) is 27.0. The van der Waals surface area contributed by atoms with Crippen molar-refractivity contribution < 1.29 is 18.0 Å². The van der Waals surface area contributed by atoms with E-state index in [9.17, 15) is 18.0 Å². The van der Waals surface area contributed by atoms with Crippen molar-refractivity contribution in [3.8, 4) is 0 Å². The van der Waals surface area contributed by atoms with Crippen molar-refractivity contribution in [3.05, 3.63) is 59.2 Å². The predicted molar refractivity (Wildman–Crippen MR) is 127 cm³/mol. The first-order valence-electron chi connectivity index (χ1n) is 11.2. The van der Waals surface area contributed by atoms with Crippen molar-refractivity contribution in [2.24, 2.45) is 0 Å². The second kappa shape index (κ2) is 9.62. The van der Waals surface area contributed by atoms with Crippen molar-refractivity contribution in [3.63, 3.8) is 0 Å². The van der Waals surface area contributed by atoms with Crippen LogP contribution in [0.3, 0.4) is 0 Å². The van der Waals surface area contributed by atoms with E-state index in [1.807, 2.05) is 30.9 Å². The average Bonchev–Trinajstić information content (AvgIpc) is 3.58. The van der Waals surface area contributed by atoms with Gasteiger partial charge >= 0.3 is 0 Å². The molecule has 0 aromatic heterocycles. The van der Waals surface area contributed by atoms with E-state index in [0.717, 1.165) is 24.0 Å². The largest absolute Gasteiger partial charge is 0.349 e. The van der Waals surface area contributed by atoms with Crippen molar-refractivity contribution in [1.82, 2.24) is 14.5 Å². The SMILES string of the molecule is Cc1ccc(S(=O)(=O)N2CCN(CC(=O)Nc3cccc(C(=O)NC4CC4)c3)CC2)c(C)c1. The van der Waals surface area contributed by atoms with Crippen LogP contribution < -0.4 is 10.6 Å². The molecule has 176 valence electrons. The van der Waals surface area contributed by atoms with Crippen LogP contribution in [0, 0.1) is 13.8 Å². The molecule has 0 spiro atoms. The number of rotatable bonds is 7. The van der Waals surface area contributed by atoms with E-state index in [2.05, 4.69) is 10.6 Å². The maximum absolute atomic E-state index is 13.0. The zero-order valence-corrected chi connectivity index (χ0v) is 19.8. The Morgan fingerprint density at radius 1 is 1.00 bits per heavy atom. The summed E-state index contributed by atoms with van der Waals surface area (Å²) in [6, 6.07) is 12.5. The van der Waals surface area contributed by atoms with Crippen LogP contribution in [0.1, 0.15) is 34.3 Å². The minimum absolute atomic E-state index is 0.130. The summed E-state index contributed by atoms with van der Waals surface area (Å²) in [6.45, 7) is 5.52. The van der Waals surface area contributed by atoms with Gasteiger partial charge in [-0.1, -0.05) is 23.8 Å². The van der Waals surface area contributed by atoms with Gasteiger partial charge in [-0.25, -0.2) is 8.42 Å². The lowest BCUT2D eigenvalue weighted by Crippen LogP contribution is -2.50. The Kier molecular flexibility index (Phi) is 6.83. The Morgan fingerprint density at radius 2 is 1.73 bits per heavy atom. The van der Waals surface area contributed by atoms with Gasteiger partial charge in [0.2, 0.25) is 15.9 Å². The van der Waals surface area contributed by atoms with Crippen LogP contribution in [0.4, 0.5) is 5.69 Å². The van der Waals surface area contributed by atoms with E-state index >= 15 is 0 Å². The zero-order valence-electron chi connectivity index (χ0n) is 19.0. The lowest BCUT2D eigenvalue weighted by Gasteiger charge is -2.33. The lowest BCUT2D eigenvalue weighted by atomic mass is 10.2. The Morgan fingerprint density at radius 3 is 2.39 bits per heavy atom. The molecule has 0 bridgehead atoms. The molecule has 4 rings (SSSR count). The number of sulfonamides is 1. The van der Waals surface area contributed by atoms with Gasteiger partial charge in [-0.3, -0.25) is 14.5 Å².